The zero-order valence-corrected chi connectivity index (χ0v) is 17.0. The minimum absolute atomic E-state index is 0.00498. The molecule has 0 N–H and O–H groups in total. The van der Waals surface area contributed by atoms with Gasteiger partial charge in [0.15, 0.2) is 5.60 Å². The summed E-state index contributed by atoms with van der Waals surface area (Å²) in [7, 11) is 1.39. The Hall–Kier alpha value is -2.57. The van der Waals surface area contributed by atoms with Crippen LogP contribution in [0.25, 0.3) is 0 Å². The second-order valence-electron chi connectivity index (χ2n) is 7.97. The third-order valence-electron chi connectivity index (χ3n) is 5.46. The van der Waals surface area contributed by atoms with E-state index in [1.165, 1.54) is 7.11 Å². The molecule has 0 unspecified atom stereocenters. The van der Waals surface area contributed by atoms with Crippen LogP contribution >= 0.6 is 0 Å². The summed E-state index contributed by atoms with van der Waals surface area (Å²) in [6.07, 6.45) is 1.46. The zero-order valence-electron chi connectivity index (χ0n) is 17.0. The fraction of sp³-hybridized carbons (Fsp3) is 0.571. The summed E-state index contributed by atoms with van der Waals surface area (Å²) in [6, 6.07) is 5.72. The lowest BCUT2D eigenvalue weighted by atomic mass is 9.97. The van der Waals surface area contributed by atoms with Crippen LogP contribution in [0.2, 0.25) is 0 Å². The van der Waals surface area contributed by atoms with Crippen molar-refractivity contribution in [3.8, 4) is 5.75 Å². The normalized spacial score (nSPS) is 19.1. The number of fused-ring (bicyclic) bond motifs is 1. The lowest BCUT2D eigenvalue weighted by Gasteiger charge is -2.39. The number of aryl methyl sites for hydroxylation is 1. The molecule has 152 valence electrons. The molecule has 3 rings (SSSR count). The first-order chi connectivity index (χ1) is 13.2. The van der Waals surface area contributed by atoms with Crippen LogP contribution in [-0.4, -0.2) is 55.0 Å². The molecule has 0 spiro atoms. The first kappa shape index (κ1) is 20.2. The number of anilines is 1. The van der Waals surface area contributed by atoms with Gasteiger partial charge in [-0.2, -0.15) is 0 Å². The molecule has 0 aliphatic carbocycles. The number of carbonyl (C=O) groups excluding carboxylic acids is 3. The van der Waals surface area contributed by atoms with E-state index in [-0.39, 0.29) is 30.1 Å². The minimum Gasteiger partial charge on any atom is -0.476 e. The van der Waals surface area contributed by atoms with Crippen molar-refractivity contribution in [2.75, 3.05) is 31.6 Å². The van der Waals surface area contributed by atoms with Crippen molar-refractivity contribution in [2.24, 2.45) is 5.92 Å². The van der Waals surface area contributed by atoms with Crippen molar-refractivity contribution in [2.45, 2.75) is 45.6 Å². The number of ether oxygens (including phenoxy) is 2. The van der Waals surface area contributed by atoms with Crippen molar-refractivity contribution in [1.82, 2.24) is 4.90 Å². The molecule has 2 aliphatic rings. The predicted molar refractivity (Wildman–Crippen MR) is 104 cm³/mol. The third-order valence-corrected chi connectivity index (χ3v) is 5.46. The van der Waals surface area contributed by atoms with Gasteiger partial charge < -0.3 is 19.3 Å². The maximum absolute atomic E-state index is 12.9. The van der Waals surface area contributed by atoms with E-state index in [0.29, 0.717) is 43.9 Å². The highest BCUT2D eigenvalue weighted by Crippen LogP contribution is 2.38. The molecule has 0 aromatic heterocycles. The molecule has 7 heteroatoms. The van der Waals surface area contributed by atoms with E-state index in [4.69, 9.17) is 9.47 Å². The number of hydrogen-bond acceptors (Lipinski definition) is 5. The Kier molecular flexibility index (Phi) is 5.63. The summed E-state index contributed by atoms with van der Waals surface area (Å²) in [6.45, 7) is 6.82. The second-order valence-corrected chi connectivity index (χ2v) is 7.97. The van der Waals surface area contributed by atoms with E-state index < -0.39 is 5.60 Å². The number of likely N-dealkylation sites (tertiary alicyclic amines) is 1. The van der Waals surface area contributed by atoms with Gasteiger partial charge >= 0.3 is 5.97 Å². The topological polar surface area (TPSA) is 76.2 Å². The van der Waals surface area contributed by atoms with E-state index >= 15 is 0 Å². The summed E-state index contributed by atoms with van der Waals surface area (Å²) < 4.78 is 10.6. The van der Waals surface area contributed by atoms with Gasteiger partial charge in [-0.15, -0.1) is 0 Å². The molecule has 0 bridgehead atoms. The van der Waals surface area contributed by atoms with Crippen LogP contribution < -0.4 is 9.64 Å². The van der Waals surface area contributed by atoms with E-state index in [1.54, 1.807) is 23.6 Å². The second kappa shape index (κ2) is 7.81. The van der Waals surface area contributed by atoms with Gasteiger partial charge in [-0.3, -0.25) is 14.4 Å². The quantitative estimate of drug-likeness (QED) is 0.740. The van der Waals surface area contributed by atoms with Crippen LogP contribution in [-0.2, 0) is 19.1 Å². The molecular formula is C21H28N2O5. The highest BCUT2D eigenvalue weighted by Gasteiger charge is 2.41. The van der Waals surface area contributed by atoms with Crippen molar-refractivity contribution < 1.29 is 23.9 Å². The molecule has 1 aromatic rings. The number of hydrogen-bond donors (Lipinski definition) is 0. The van der Waals surface area contributed by atoms with Crippen LogP contribution in [0.3, 0.4) is 0 Å². The van der Waals surface area contributed by atoms with E-state index in [2.05, 4.69) is 0 Å². The van der Waals surface area contributed by atoms with Crippen LogP contribution in [0, 0.1) is 12.8 Å². The maximum Gasteiger partial charge on any atom is 0.308 e. The summed E-state index contributed by atoms with van der Waals surface area (Å²) in [5.41, 5.74) is 0.766. The standard InChI is InChI=1S/C21H28N2O5/c1-14-5-6-17-16(13-14)23(20(26)21(2,3)28-17)12-9-18(24)22-10-7-15(8-11-22)19(25)27-4/h5-6,13,15H,7-12H2,1-4H3. The third kappa shape index (κ3) is 3.98. The lowest BCUT2D eigenvalue weighted by molar-refractivity contribution is -0.149. The molecule has 1 fully saturated rings. The van der Waals surface area contributed by atoms with E-state index in [1.807, 2.05) is 25.1 Å². The van der Waals surface area contributed by atoms with Gasteiger partial charge in [-0.05, 0) is 51.3 Å². The number of rotatable bonds is 4. The molecular weight excluding hydrogens is 360 g/mol. The molecule has 0 radical (unpaired) electrons. The Labute approximate surface area is 165 Å². The number of carbonyl (C=O) groups is 3. The predicted octanol–water partition coefficient (Wildman–Crippen LogP) is 2.30. The van der Waals surface area contributed by atoms with Crippen molar-refractivity contribution >= 4 is 23.5 Å². The summed E-state index contributed by atoms with van der Waals surface area (Å²) in [4.78, 5) is 40.6. The average Bonchev–Trinajstić information content (AvgIpc) is 2.68. The molecule has 7 nitrogen and oxygen atoms in total. The molecule has 1 aromatic carbocycles. The molecule has 0 saturated carbocycles. The summed E-state index contributed by atoms with van der Waals surface area (Å²) in [5, 5.41) is 0. The Balaban J connectivity index is 1.65. The molecule has 1 saturated heterocycles. The van der Waals surface area contributed by atoms with Crippen molar-refractivity contribution in [3.63, 3.8) is 0 Å². The number of methoxy groups -OCH3 is 1. The van der Waals surface area contributed by atoms with Crippen LogP contribution in [0.5, 0.6) is 5.75 Å². The number of benzene rings is 1. The number of amides is 2. The highest BCUT2D eigenvalue weighted by molar-refractivity contribution is 6.02. The van der Waals surface area contributed by atoms with Gasteiger partial charge in [-0.1, -0.05) is 6.07 Å². The lowest BCUT2D eigenvalue weighted by Crippen LogP contribution is -2.53. The minimum atomic E-state index is -0.968. The number of piperidine rings is 1. The smallest absolute Gasteiger partial charge is 0.308 e. The van der Waals surface area contributed by atoms with Crippen molar-refractivity contribution in [1.29, 1.82) is 0 Å². The molecule has 0 atom stereocenters. The van der Waals surface area contributed by atoms with Crippen LogP contribution in [0.15, 0.2) is 18.2 Å². The maximum atomic E-state index is 12.9. The van der Waals surface area contributed by atoms with Gasteiger partial charge in [0.05, 0.1) is 18.7 Å². The Morgan fingerprint density at radius 1 is 1.25 bits per heavy atom. The Morgan fingerprint density at radius 2 is 1.93 bits per heavy atom. The monoisotopic (exact) mass is 388 g/mol. The van der Waals surface area contributed by atoms with E-state index in [0.717, 1.165) is 5.56 Å². The fourth-order valence-electron chi connectivity index (χ4n) is 3.80. The van der Waals surface area contributed by atoms with E-state index in [9.17, 15) is 14.4 Å². The summed E-state index contributed by atoms with van der Waals surface area (Å²) >= 11 is 0. The first-order valence-corrected chi connectivity index (χ1v) is 9.70. The molecule has 2 amide bonds. The number of nitrogens with zero attached hydrogens (tertiary/aromatic N) is 2. The molecule has 2 heterocycles. The van der Waals surface area contributed by atoms with Crippen LogP contribution in [0.4, 0.5) is 5.69 Å². The zero-order chi connectivity index (χ0) is 20.5. The Morgan fingerprint density at radius 3 is 2.57 bits per heavy atom. The van der Waals surface area contributed by atoms with Gasteiger partial charge in [0.2, 0.25) is 5.91 Å². The SMILES string of the molecule is COC(=O)C1CCN(C(=O)CCN2C(=O)C(C)(C)Oc3ccc(C)cc32)CC1. The first-order valence-electron chi connectivity index (χ1n) is 9.70. The largest absolute Gasteiger partial charge is 0.476 e. The molecule has 28 heavy (non-hydrogen) atoms. The van der Waals surface area contributed by atoms with Crippen molar-refractivity contribution in [3.05, 3.63) is 23.8 Å². The number of esters is 1. The summed E-state index contributed by atoms with van der Waals surface area (Å²) in [5.74, 6) is 0.157. The van der Waals surface area contributed by atoms with Gasteiger partial charge in [-0.25, -0.2) is 0 Å². The van der Waals surface area contributed by atoms with Gasteiger partial charge in [0.25, 0.3) is 5.91 Å². The average molecular weight is 388 g/mol. The van der Waals surface area contributed by atoms with Gasteiger partial charge in [0.1, 0.15) is 5.75 Å². The Bertz CT molecular complexity index is 781. The molecule has 2 aliphatic heterocycles. The van der Waals surface area contributed by atoms with Crippen LogP contribution in [0.1, 0.15) is 38.7 Å². The highest BCUT2D eigenvalue weighted by atomic mass is 16.5. The fourth-order valence-corrected chi connectivity index (χ4v) is 3.80. The van der Waals surface area contributed by atoms with Gasteiger partial charge in [0, 0.05) is 26.1 Å².